The van der Waals surface area contributed by atoms with Crippen molar-refractivity contribution in [2.75, 3.05) is 11.4 Å². The summed E-state index contributed by atoms with van der Waals surface area (Å²) >= 11 is 0. The van der Waals surface area contributed by atoms with Crippen LogP contribution in [0.2, 0.25) is 0 Å². The van der Waals surface area contributed by atoms with Crippen molar-refractivity contribution in [3.05, 3.63) is 66.1 Å². The molecule has 0 spiro atoms. The average Bonchev–Trinajstić information content (AvgIpc) is 3.27. The molecule has 1 N–H and O–H groups in total. The van der Waals surface area contributed by atoms with Gasteiger partial charge in [0.05, 0.1) is 0 Å². The second-order valence-corrected chi connectivity index (χ2v) is 5.68. The van der Waals surface area contributed by atoms with Crippen molar-refractivity contribution in [2.45, 2.75) is 5.92 Å². The summed E-state index contributed by atoms with van der Waals surface area (Å²) < 4.78 is 5.25. The predicted molar refractivity (Wildman–Crippen MR) is 88.2 cm³/mol. The molecule has 1 aliphatic rings. The van der Waals surface area contributed by atoms with Crippen LogP contribution in [0.4, 0.5) is 5.69 Å². The highest BCUT2D eigenvalue weighted by Gasteiger charge is 2.37. The molecule has 1 aliphatic heterocycles. The summed E-state index contributed by atoms with van der Waals surface area (Å²) in [5.74, 6) is -1.64. The number of carboxylic acid groups (broad SMARTS) is 1. The van der Waals surface area contributed by atoms with Gasteiger partial charge in [0.15, 0.2) is 11.5 Å². The Kier molecular flexibility index (Phi) is 3.53. The number of rotatable bonds is 3. The molecule has 0 saturated carbocycles. The second kappa shape index (κ2) is 5.86. The molecule has 0 aliphatic carbocycles. The van der Waals surface area contributed by atoms with Crippen LogP contribution >= 0.6 is 0 Å². The van der Waals surface area contributed by atoms with Gasteiger partial charge in [-0.2, -0.15) is 0 Å². The molecular weight excluding hydrogens is 322 g/mol. The Morgan fingerprint density at radius 1 is 1.16 bits per heavy atom. The number of amides is 1. The highest BCUT2D eigenvalue weighted by Crippen LogP contribution is 2.37. The zero-order chi connectivity index (χ0) is 17.4. The summed E-state index contributed by atoms with van der Waals surface area (Å²) in [6.07, 6.45) is 3.24. The van der Waals surface area contributed by atoms with Gasteiger partial charge < -0.3 is 14.5 Å². The number of carbonyl (C=O) groups excluding carboxylic acids is 1. The van der Waals surface area contributed by atoms with Gasteiger partial charge >= 0.3 is 5.97 Å². The summed E-state index contributed by atoms with van der Waals surface area (Å²) in [6.45, 7) is 0.0744. The number of fused-ring (bicyclic) bond motifs is 1. The fourth-order valence-electron chi connectivity index (χ4n) is 2.98. The van der Waals surface area contributed by atoms with E-state index < -0.39 is 11.9 Å². The van der Waals surface area contributed by atoms with Gasteiger partial charge in [0.2, 0.25) is 0 Å². The minimum Gasteiger partial charge on any atom is -0.481 e. The minimum absolute atomic E-state index is 0.0744. The molecule has 7 heteroatoms. The van der Waals surface area contributed by atoms with Crippen LogP contribution < -0.4 is 4.90 Å². The molecule has 1 unspecified atom stereocenters. The average molecular weight is 335 g/mol. The SMILES string of the molecule is O=C(O)C1CN(C(=O)c2cc(-c3ccncc3)on2)c2ccccc21. The van der Waals surface area contributed by atoms with Gasteiger partial charge in [-0.05, 0) is 23.8 Å². The number of carboxylic acids is 1. The van der Waals surface area contributed by atoms with E-state index in [2.05, 4.69) is 10.1 Å². The van der Waals surface area contributed by atoms with Crippen LogP contribution in [0.5, 0.6) is 0 Å². The summed E-state index contributed by atoms with van der Waals surface area (Å²) in [5, 5.41) is 13.3. The Hall–Kier alpha value is -3.48. The lowest BCUT2D eigenvalue weighted by Gasteiger charge is -2.15. The number of nitrogens with zero attached hydrogens (tertiary/aromatic N) is 3. The van der Waals surface area contributed by atoms with Crippen LogP contribution in [0.1, 0.15) is 22.0 Å². The number of para-hydroxylation sites is 1. The molecule has 3 heterocycles. The van der Waals surface area contributed by atoms with E-state index in [9.17, 15) is 14.7 Å². The van der Waals surface area contributed by atoms with Crippen molar-refractivity contribution >= 4 is 17.6 Å². The third-order valence-corrected chi connectivity index (χ3v) is 4.21. The monoisotopic (exact) mass is 335 g/mol. The number of anilines is 1. The molecule has 124 valence electrons. The lowest BCUT2D eigenvalue weighted by Crippen LogP contribution is -2.31. The molecule has 1 aromatic carbocycles. The molecular formula is C18H13N3O4. The van der Waals surface area contributed by atoms with E-state index in [1.807, 2.05) is 0 Å². The van der Waals surface area contributed by atoms with E-state index in [0.29, 0.717) is 17.0 Å². The maximum Gasteiger partial charge on any atom is 0.312 e. The molecule has 7 nitrogen and oxygen atoms in total. The third-order valence-electron chi connectivity index (χ3n) is 4.21. The number of aromatic nitrogens is 2. The number of hydrogen-bond donors (Lipinski definition) is 1. The van der Waals surface area contributed by atoms with Gasteiger partial charge in [0.25, 0.3) is 5.91 Å². The van der Waals surface area contributed by atoms with Crippen molar-refractivity contribution < 1.29 is 19.2 Å². The summed E-state index contributed by atoms with van der Waals surface area (Å²) in [7, 11) is 0. The fraction of sp³-hybridized carbons (Fsp3) is 0.111. The van der Waals surface area contributed by atoms with Crippen LogP contribution in [0.3, 0.4) is 0 Å². The van der Waals surface area contributed by atoms with Crippen molar-refractivity contribution in [3.8, 4) is 11.3 Å². The number of hydrogen-bond acceptors (Lipinski definition) is 5. The first-order chi connectivity index (χ1) is 12.1. The quantitative estimate of drug-likeness (QED) is 0.790. The predicted octanol–water partition coefficient (Wildman–Crippen LogP) is 2.57. The van der Waals surface area contributed by atoms with Crippen molar-refractivity contribution in [3.63, 3.8) is 0 Å². The highest BCUT2D eigenvalue weighted by atomic mass is 16.5. The molecule has 1 amide bonds. The van der Waals surface area contributed by atoms with Crippen molar-refractivity contribution in [1.29, 1.82) is 0 Å². The standard InChI is InChI=1S/C18H13N3O4/c22-17(14-9-16(25-20-14)11-5-7-19-8-6-11)21-10-13(18(23)24)12-3-1-2-4-15(12)21/h1-9,13H,10H2,(H,23,24). The van der Waals surface area contributed by atoms with Gasteiger partial charge in [0, 0.05) is 36.3 Å². The van der Waals surface area contributed by atoms with E-state index in [0.717, 1.165) is 5.56 Å². The first-order valence-corrected chi connectivity index (χ1v) is 7.66. The summed E-state index contributed by atoms with van der Waals surface area (Å²) in [5.41, 5.74) is 2.11. The second-order valence-electron chi connectivity index (χ2n) is 5.68. The van der Waals surface area contributed by atoms with Crippen LogP contribution in [-0.4, -0.2) is 33.7 Å². The first kappa shape index (κ1) is 15.1. The number of benzene rings is 1. The van der Waals surface area contributed by atoms with Crippen LogP contribution in [-0.2, 0) is 4.79 Å². The Balaban J connectivity index is 1.66. The fourth-order valence-corrected chi connectivity index (χ4v) is 2.98. The van der Waals surface area contributed by atoms with Gasteiger partial charge in [0.1, 0.15) is 5.92 Å². The normalized spacial score (nSPS) is 15.8. The molecule has 0 radical (unpaired) electrons. The molecule has 0 fully saturated rings. The number of pyridine rings is 1. The maximum absolute atomic E-state index is 12.8. The minimum atomic E-state index is -0.958. The van der Waals surface area contributed by atoms with Crippen LogP contribution in [0.15, 0.2) is 59.4 Å². The summed E-state index contributed by atoms with van der Waals surface area (Å²) in [6, 6.07) is 12.1. The van der Waals surface area contributed by atoms with E-state index in [-0.39, 0.29) is 18.1 Å². The van der Waals surface area contributed by atoms with Gasteiger partial charge in [-0.1, -0.05) is 23.4 Å². The Labute approximate surface area is 142 Å². The number of carbonyl (C=O) groups is 2. The van der Waals surface area contributed by atoms with Gasteiger partial charge in [-0.3, -0.25) is 14.6 Å². The van der Waals surface area contributed by atoms with Gasteiger partial charge in [-0.25, -0.2) is 0 Å². The lowest BCUT2D eigenvalue weighted by molar-refractivity contribution is -0.138. The van der Waals surface area contributed by atoms with Crippen molar-refractivity contribution in [2.24, 2.45) is 0 Å². The Bertz CT molecular complexity index is 952. The summed E-state index contributed by atoms with van der Waals surface area (Å²) in [4.78, 5) is 29.7. The highest BCUT2D eigenvalue weighted by molar-refractivity contribution is 6.08. The Morgan fingerprint density at radius 3 is 2.68 bits per heavy atom. The van der Waals surface area contributed by atoms with E-state index in [1.54, 1.807) is 54.9 Å². The smallest absolute Gasteiger partial charge is 0.312 e. The zero-order valence-corrected chi connectivity index (χ0v) is 13.0. The molecule has 2 aromatic heterocycles. The molecule has 4 rings (SSSR count). The van der Waals surface area contributed by atoms with E-state index >= 15 is 0 Å². The molecule has 0 saturated heterocycles. The van der Waals surface area contributed by atoms with E-state index in [1.165, 1.54) is 4.90 Å². The largest absolute Gasteiger partial charge is 0.481 e. The maximum atomic E-state index is 12.8. The topological polar surface area (TPSA) is 96.5 Å². The molecule has 0 bridgehead atoms. The van der Waals surface area contributed by atoms with Gasteiger partial charge in [-0.15, -0.1) is 0 Å². The van der Waals surface area contributed by atoms with E-state index in [4.69, 9.17) is 4.52 Å². The molecule has 1 atom stereocenters. The lowest BCUT2D eigenvalue weighted by atomic mass is 10.0. The molecule has 25 heavy (non-hydrogen) atoms. The third kappa shape index (κ3) is 2.55. The Morgan fingerprint density at radius 2 is 1.92 bits per heavy atom. The first-order valence-electron chi connectivity index (χ1n) is 7.66. The molecule has 3 aromatic rings. The number of aliphatic carboxylic acids is 1. The zero-order valence-electron chi connectivity index (χ0n) is 13.0. The van der Waals surface area contributed by atoms with Crippen molar-refractivity contribution in [1.82, 2.24) is 10.1 Å². The van der Waals surface area contributed by atoms with Crippen LogP contribution in [0, 0.1) is 0 Å². The van der Waals surface area contributed by atoms with Crippen LogP contribution in [0.25, 0.3) is 11.3 Å².